The molecule has 2 atom stereocenters. The van der Waals surface area contributed by atoms with Crippen LogP contribution in [0.4, 0.5) is 0 Å². The summed E-state index contributed by atoms with van der Waals surface area (Å²) in [7, 11) is 1.63. The minimum absolute atomic E-state index is 0.210. The molecule has 0 aromatic heterocycles. The molecule has 0 amide bonds. The number of hydrogen-bond acceptors (Lipinski definition) is 3. The highest BCUT2D eigenvalue weighted by Crippen LogP contribution is 2.25. The van der Waals surface area contributed by atoms with E-state index in [1.807, 2.05) is 24.3 Å². The van der Waals surface area contributed by atoms with Crippen molar-refractivity contribution in [2.45, 2.75) is 18.6 Å². The molecule has 76 valence electrons. The van der Waals surface area contributed by atoms with Crippen LogP contribution in [0, 0.1) is 0 Å². The van der Waals surface area contributed by atoms with Gasteiger partial charge in [-0.15, -0.1) is 0 Å². The van der Waals surface area contributed by atoms with E-state index in [9.17, 15) is 5.11 Å². The topological polar surface area (TPSA) is 41.5 Å². The number of aliphatic hydroxyl groups excluding tert-OH is 1. The second-order valence-electron chi connectivity index (χ2n) is 3.57. The Morgan fingerprint density at radius 1 is 1.57 bits per heavy atom. The first kappa shape index (κ1) is 9.49. The summed E-state index contributed by atoms with van der Waals surface area (Å²) in [4.78, 5) is 0. The van der Waals surface area contributed by atoms with E-state index in [1.54, 1.807) is 7.11 Å². The van der Waals surface area contributed by atoms with Crippen molar-refractivity contribution in [1.29, 1.82) is 0 Å². The fraction of sp³-hybridized carbons (Fsp3) is 0.455. The van der Waals surface area contributed by atoms with Crippen molar-refractivity contribution in [1.82, 2.24) is 5.32 Å². The predicted molar refractivity (Wildman–Crippen MR) is 54.4 cm³/mol. The maximum Gasteiger partial charge on any atom is 0.119 e. The van der Waals surface area contributed by atoms with Crippen LogP contribution in [0.15, 0.2) is 24.3 Å². The summed E-state index contributed by atoms with van der Waals surface area (Å²) >= 11 is 0. The summed E-state index contributed by atoms with van der Waals surface area (Å²) in [6.45, 7) is 1.01. The van der Waals surface area contributed by atoms with Crippen molar-refractivity contribution in [2.24, 2.45) is 0 Å². The zero-order chi connectivity index (χ0) is 9.97. The molecule has 2 unspecified atom stereocenters. The van der Waals surface area contributed by atoms with Gasteiger partial charge in [-0.05, 0) is 30.7 Å². The first-order chi connectivity index (χ1) is 6.81. The van der Waals surface area contributed by atoms with Gasteiger partial charge in [0.1, 0.15) is 5.75 Å². The van der Waals surface area contributed by atoms with E-state index < -0.39 is 6.10 Å². The number of aliphatic hydroxyl groups is 1. The number of methoxy groups -OCH3 is 1. The summed E-state index contributed by atoms with van der Waals surface area (Å²) < 4.78 is 5.10. The molecule has 1 aliphatic heterocycles. The molecular weight excluding hydrogens is 178 g/mol. The van der Waals surface area contributed by atoms with Crippen molar-refractivity contribution >= 4 is 0 Å². The fourth-order valence-electron chi connectivity index (χ4n) is 1.64. The van der Waals surface area contributed by atoms with E-state index in [4.69, 9.17) is 4.74 Å². The van der Waals surface area contributed by atoms with Gasteiger partial charge in [-0.2, -0.15) is 0 Å². The number of benzene rings is 1. The Labute approximate surface area is 83.7 Å². The summed E-state index contributed by atoms with van der Waals surface area (Å²) in [6.07, 6.45) is 0.622. The molecule has 0 aliphatic carbocycles. The van der Waals surface area contributed by atoms with Crippen LogP contribution in [-0.2, 0) is 0 Å². The number of hydrogen-bond donors (Lipinski definition) is 2. The van der Waals surface area contributed by atoms with E-state index in [-0.39, 0.29) is 6.04 Å². The Morgan fingerprint density at radius 3 is 2.93 bits per heavy atom. The number of rotatable bonds is 3. The fourth-order valence-corrected chi connectivity index (χ4v) is 1.64. The first-order valence-corrected chi connectivity index (χ1v) is 4.86. The molecule has 0 bridgehead atoms. The zero-order valence-electron chi connectivity index (χ0n) is 8.23. The average molecular weight is 193 g/mol. The van der Waals surface area contributed by atoms with Gasteiger partial charge in [0.2, 0.25) is 0 Å². The molecule has 0 saturated carbocycles. The van der Waals surface area contributed by atoms with Crippen LogP contribution >= 0.6 is 0 Å². The zero-order valence-corrected chi connectivity index (χ0v) is 8.23. The third-order valence-electron chi connectivity index (χ3n) is 2.68. The van der Waals surface area contributed by atoms with Crippen LogP contribution in [0.25, 0.3) is 0 Å². The molecule has 1 aromatic carbocycles. The monoisotopic (exact) mass is 193 g/mol. The largest absolute Gasteiger partial charge is 0.497 e. The molecular formula is C11H15NO2. The normalized spacial score (nSPS) is 22.6. The quantitative estimate of drug-likeness (QED) is 0.755. The summed E-state index contributed by atoms with van der Waals surface area (Å²) in [6, 6.07) is 7.79. The van der Waals surface area contributed by atoms with E-state index in [0.29, 0.717) is 0 Å². The Balaban J connectivity index is 2.13. The molecule has 2 rings (SSSR count). The second-order valence-corrected chi connectivity index (χ2v) is 3.57. The van der Waals surface area contributed by atoms with Crippen molar-refractivity contribution < 1.29 is 9.84 Å². The molecule has 0 radical (unpaired) electrons. The molecule has 14 heavy (non-hydrogen) atoms. The Bertz CT molecular complexity index is 310. The SMILES string of the molecule is COc1cccc(C(O)C2CCN2)c1. The van der Waals surface area contributed by atoms with Crippen molar-refractivity contribution in [3.63, 3.8) is 0 Å². The smallest absolute Gasteiger partial charge is 0.119 e. The van der Waals surface area contributed by atoms with Crippen LogP contribution in [0.5, 0.6) is 5.75 Å². The van der Waals surface area contributed by atoms with Gasteiger partial charge in [0.15, 0.2) is 0 Å². The second kappa shape index (κ2) is 3.98. The summed E-state index contributed by atoms with van der Waals surface area (Å²) in [5, 5.41) is 13.1. The molecule has 1 aromatic rings. The van der Waals surface area contributed by atoms with Gasteiger partial charge >= 0.3 is 0 Å². The van der Waals surface area contributed by atoms with Gasteiger partial charge < -0.3 is 15.2 Å². The van der Waals surface area contributed by atoms with Crippen LogP contribution in [-0.4, -0.2) is 24.8 Å². The summed E-state index contributed by atoms with van der Waals surface area (Å²) in [5.74, 6) is 0.792. The maximum atomic E-state index is 9.94. The lowest BCUT2D eigenvalue weighted by molar-refractivity contribution is 0.0955. The molecule has 1 saturated heterocycles. The lowest BCUT2D eigenvalue weighted by atomic mass is 9.95. The van der Waals surface area contributed by atoms with Crippen LogP contribution < -0.4 is 10.1 Å². The highest BCUT2D eigenvalue weighted by atomic mass is 16.5. The van der Waals surface area contributed by atoms with Crippen molar-refractivity contribution in [3.05, 3.63) is 29.8 Å². The highest BCUT2D eigenvalue weighted by Gasteiger charge is 2.26. The lowest BCUT2D eigenvalue weighted by Crippen LogP contribution is -2.46. The van der Waals surface area contributed by atoms with Crippen LogP contribution in [0.2, 0.25) is 0 Å². The lowest BCUT2D eigenvalue weighted by Gasteiger charge is -2.32. The average Bonchev–Trinajstić information content (AvgIpc) is 2.15. The predicted octanol–water partition coefficient (Wildman–Crippen LogP) is 1.09. The Hall–Kier alpha value is -1.06. The van der Waals surface area contributed by atoms with Gasteiger partial charge in [-0.3, -0.25) is 0 Å². The van der Waals surface area contributed by atoms with Crippen molar-refractivity contribution in [2.75, 3.05) is 13.7 Å². The summed E-state index contributed by atoms with van der Waals surface area (Å²) in [5.41, 5.74) is 0.918. The van der Waals surface area contributed by atoms with E-state index in [1.165, 1.54) is 0 Å². The third kappa shape index (κ3) is 1.74. The highest BCUT2D eigenvalue weighted by molar-refractivity contribution is 5.30. The molecule has 3 nitrogen and oxygen atoms in total. The first-order valence-electron chi connectivity index (χ1n) is 4.86. The third-order valence-corrected chi connectivity index (χ3v) is 2.68. The minimum atomic E-state index is -0.418. The van der Waals surface area contributed by atoms with Gasteiger partial charge in [0, 0.05) is 6.04 Å². The Morgan fingerprint density at radius 2 is 2.36 bits per heavy atom. The van der Waals surface area contributed by atoms with Crippen LogP contribution in [0.1, 0.15) is 18.1 Å². The molecule has 3 heteroatoms. The van der Waals surface area contributed by atoms with Gasteiger partial charge in [0.05, 0.1) is 13.2 Å². The van der Waals surface area contributed by atoms with Gasteiger partial charge in [0.25, 0.3) is 0 Å². The van der Waals surface area contributed by atoms with Gasteiger partial charge in [-0.1, -0.05) is 12.1 Å². The van der Waals surface area contributed by atoms with Crippen molar-refractivity contribution in [3.8, 4) is 5.75 Å². The number of ether oxygens (including phenoxy) is 1. The molecule has 0 spiro atoms. The molecule has 2 N–H and O–H groups in total. The van der Waals surface area contributed by atoms with E-state index in [2.05, 4.69) is 5.32 Å². The molecule has 1 heterocycles. The van der Waals surface area contributed by atoms with Gasteiger partial charge in [-0.25, -0.2) is 0 Å². The standard InChI is InChI=1S/C11H15NO2/c1-14-9-4-2-3-8(7-9)11(13)10-5-6-12-10/h2-4,7,10-13H,5-6H2,1H3. The molecule has 1 fully saturated rings. The van der Waals surface area contributed by atoms with E-state index in [0.717, 1.165) is 24.3 Å². The van der Waals surface area contributed by atoms with E-state index >= 15 is 0 Å². The number of nitrogens with one attached hydrogen (secondary N) is 1. The Kier molecular flexibility index (Phi) is 2.70. The van der Waals surface area contributed by atoms with Crippen LogP contribution in [0.3, 0.4) is 0 Å². The maximum absolute atomic E-state index is 9.94. The minimum Gasteiger partial charge on any atom is -0.497 e. The molecule has 1 aliphatic rings.